The first-order chi connectivity index (χ1) is 22.4. The first-order valence-electron chi connectivity index (χ1n) is 15.6. The molecule has 0 spiro atoms. The van der Waals surface area contributed by atoms with Gasteiger partial charge < -0.3 is 14.2 Å². The topological polar surface area (TPSA) is 128 Å². The molecule has 1 aliphatic heterocycles. The number of ether oxygens (including phenoxy) is 1. The summed E-state index contributed by atoms with van der Waals surface area (Å²) in [5.41, 5.74) is 2.84. The summed E-state index contributed by atoms with van der Waals surface area (Å²) in [6, 6.07) is 24.3. The maximum Gasteiger partial charge on any atom is 1.00 e. The van der Waals surface area contributed by atoms with Crippen LogP contribution in [0.4, 0.5) is 5.69 Å². The molecule has 0 bridgehead atoms. The van der Waals surface area contributed by atoms with E-state index in [1.807, 2.05) is 59.5 Å². The van der Waals surface area contributed by atoms with E-state index in [1.165, 1.54) is 6.92 Å². The fraction of sp³-hybridized carbons (Fsp3) is 0.286. The largest absolute Gasteiger partial charge is 1.00 e. The minimum Gasteiger partial charge on any atom is -0.748 e. The van der Waals surface area contributed by atoms with Crippen LogP contribution in [0, 0.1) is 0 Å². The molecule has 1 atom stereocenters. The van der Waals surface area contributed by atoms with E-state index in [-0.39, 0.29) is 41.7 Å². The fourth-order valence-electron chi connectivity index (χ4n) is 5.90. The molecule has 0 saturated carbocycles. The van der Waals surface area contributed by atoms with Crippen molar-refractivity contribution in [2.45, 2.75) is 51.3 Å². The molecule has 0 fully saturated rings. The van der Waals surface area contributed by atoms with Crippen LogP contribution in [0.1, 0.15) is 44.5 Å². The number of rotatable bonds is 12. The van der Waals surface area contributed by atoms with Crippen molar-refractivity contribution in [3.8, 4) is 5.75 Å². The summed E-state index contributed by atoms with van der Waals surface area (Å²) in [5, 5.41) is 4.10. The van der Waals surface area contributed by atoms with Gasteiger partial charge in [0.25, 0.3) is 15.1 Å². The number of allylic oxidation sites excluding steroid dienone is 2. The second-order valence-corrected chi connectivity index (χ2v) is 16.2. The normalized spacial score (nSPS) is 15.2. The molecule has 5 aromatic rings. The van der Waals surface area contributed by atoms with Crippen LogP contribution in [0.5, 0.6) is 5.75 Å². The molecule has 1 aromatic heterocycles. The quantitative estimate of drug-likeness (QED) is 0.0889. The molecule has 6 rings (SSSR count). The van der Waals surface area contributed by atoms with E-state index in [2.05, 4.69) is 41.8 Å². The van der Waals surface area contributed by atoms with Crippen molar-refractivity contribution in [3.63, 3.8) is 0 Å². The minimum absolute atomic E-state index is 0. The summed E-state index contributed by atoms with van der Waals surface area (Å²) in [4.78, 5) is 2.04. The van der Waals surface area contributed by atoms with Gasteiger partial charge in [0.05, 0.1) is 32.2 Å². The Labute approximate surface area is 307 Å². The zero-order valence-electron chi connectivity index (χ0n) is 27.1. The number of hydrogen-bond acceptors (Lipinski definition) is 8. The van der Waals surface area contributed by atoms with Crippen molar-refractivity contribution in [1.82, 2.24) is 0 Å². The summed E-state index contributed by atoms with van der Waals surface area (Å²) in [6.45, 7) is 4.34. The number of thiazole rings is 1. The molecule has 13 heteroatoms. The van der Waals surface area contributed by atoms with Crippen LogP contribution >= 0.6 is 11.3 Å². The van der Waals surface area contributed by atoms with E-state index in [4.69, 9.17) is 4.74 Å². The van der Waals surface area contributed by atoms with Crippen molar-refractivity contribution >= 4 is 75.1 Å². The Hall–Kier alpha value is -2.81. The molecule has 1 aliphatic rings. The van der Waals surface area contributed by atoms with Gasteiger partial charge in [0, 0.05) is 25.1 Å². The van der Waals surface area contributed by atoms with Gasteiger partial charge in [-0.05, 0) is 72.2 Å². The third-order valence-electron chi connectivity index (χ3n) is 8.52. The molecule has 0 radical (unpaired) electrons. The van der Waals surface area contributed by atoms with Crippen LogP contribution in [-0.2, 0) is 26.8 Å². The Morgan fingerprint density at radius 2 is 1.69 bits per heavy atom. The van der Waals surface area contributed by atoms with Crippen molar-refractivity contribution in [2.24, 2.45) is 0 Å². The van der Waals surface area contributed by atoms with Gasteiger partial charge in [-0.15, -0.1) is 0 Å². The van der Waals surface area contributed by atoms with Crippen molar-refractivity contribution in [2.75, 3.05) is 17.2 Å². The predicted molar refractivity (Wildman–Crippen MR) is 187 cm³/mol. The molecule has 0 saturated heterocycles. The maximum absolute atomic E-state index is 11.8. The number of aromatic nitrogens is 1. The Kier molecular flexibility index (Phi) is 11.4. The molecular formula is C35H36N2NaO7S3+. The van der Waals surface area contributed by atoms with Crippen LogP contribution < -0.4 is 43.8 Å². The zero-order valence-corrected chi connectivity index (χ0v) is 31.6. The van der Waals surface area contributed by atoms with Gasteiger partial charge in [-0.3, -0.25) is 4.55 Å². The van der Waals surface area contributed by atoms with Crippen LogP contribution in [0.3, 0.4) is 0 Å². The summed E-state index contributed by atoms with van der Waals surface area (Å²) in [6.07, 6.45) is 5.74. The molecule has 1 unspecified atom stereocenters. The molecule has 246 valence electrons. The van der Waals surface area contributed by atoms with E-state index in [0.717, 1.165) is 48.0 Å². The molecular weight excluding hydrogens is 680 g/mol. The maximum atomic E-state index is 11.8. The van der Waals surface area contributed by atoms with Gasteiger partial charge in [-0.2, -0.15) is 13.0 Å². The number of benzene rings is 4. The molecule has 4 aromatic carbocycles. The van der Waals surface area contributed by atoms with Crippen LogP contribution in [0.15, 0.2) is 90.3 Å². The molecule has 1 N–H and O–H groups in total. The number of hydrogen-bond donors (Lipinski definition) is 1. The number of unbranched alkanes of at least 4 members (excludes halogenated alkanes) is 1. The molecule has 2 heterocycles. The van der Waals surface area contributed by atoms with E-state index < -0.39 is 25.5 Å². The molecule has 48 heavy (non-hydrogen) atoms. The van der Waals surface area contributed by atoms with E-state index >= 15 is 0 Å². The van der Waals surface area contributed by atoms with Gasteiger partial charge >= 0.3 is 29.6 Å². The Balaban J connectivity index is 0.00000451. The van der Waals surface area contributed by atoms with Crippen LogP contribution in [0.25, 0.3) is 37.8 Å². The van der Waals surface area contributed by atoms with Crippen molar-refractivity contribution in [3.05, 3.63) is 95.3 Å². The molecule has 0 aliphatic carbocycles. The van der Waals surface area contributed by atoms with Gasteiger partial charge in [-0.1, -0.05) is 66.8 Å². The summed E-state index contributed by atoms with van der Waals surface area (Å²) < 4.78 is 76.8. The average molecular weight is 716 g/mol. The standard InChI is InChI=1S/C35H36N2O7S3.Na/c1-3-25(20-33-36(17-8-9-19-46(38,39)40)30-22-27-11-4-5-12-28(27)23-31(30)44-33)21-34-37(18-16-24(2)47(41,42)43)35-29-13-7-6-10-26(29)14-15-32(35)45-34;/h4-7,10-15,20-24H,3,8-9,16-19H2,1-2H3,(H-,38,39,40,41,42,43);/q;+1. The first-order valence-corrected chi connectivity index (χ1v) is 19.5. The van der Waals surface area contributed by atoms with Crippen molar-refractivity contribution < 1.29 is 64.8 Å². The fourth-order valence-corrected chi connectivity index (χ4v) is 8.04. The molecule has 0 amide bonds. The van der Waals surface area contributed by atoms with E-state index in [1.54, 1.807) is 11.3 Å². The summed E-state index contributed by atoms with van der Waals surface area (Å²) in [5.74, 6) is 1.01. The monoisotopic (exact) mass is 715 g/mol. The first kappa shape index (κ1) is 36.5. The predicted octanol–water partition coefficient (Wildman–Crippen LogP) is 4.02. The van der Waals surface area contributed by atoms with E-state index in [0.29, 0.717) is 44.0 Å². The third kappa shape index (κ3) is 8.14. The SMILES string of the molecule is CCC(/C=C1\Oc2cc3ccccc3cc2N1CCCCS(=O)(=O)O)=C\c1sc2ccc3ccccc3c2[n+]1CCC(C)S(=O)(=O)[O-].[Na+]. The summed E-state index contributed by atoms with van der Waals surface area (Å²) in [7, 11) is -8.48. The Morgan fingerprint density at radius 3 is 2.38 bits per heavy atom. The third-order valence-corrected chi connectivity index (χ3v) is 11.6. The van der Waals surface area contributed by atoms with Gasteiger partial charge in [0.1, 0.15) is 4.70 Å². The smallest absolute Gasteiger partial charge is 0.748 e. The minimum atomic E-state index is -4.43. The number of anilines is 1. The second kappa shape index (κ2) is 15.0. The Morgan fingerprint density at radius 1 is 1.00 bits per heavy atom. The summed E-state index contributed by atoms with van der Waals surface area (Å²) >= 11 is 1.60. The van der Waals surface area contributed by atoms with E-state index in [9.17, 15) is 25.9 Å². The van der Waals surface area contributed by atoms with Crippen LogP contribution in [-0.4, -0.2) is 43.5 Å². The van der Waals surface area contributed by atoms with Crippen LogP contribution in [0.2, 0.25) is 0 Å². The molecule has 9 nitrogen and oxygen atoms in total. The van der Waals surface area contributed by atoms with Gasteiger partial charge in [0.2, 0.25) is 11.4 Å². The zero-order chi connectivity index (χ0) is 33.3. The second-order valence-electron chi connectivity index (χ2n) is 11.8. The number of fused-ring (bicyclic) bond motifs is 5. The Bertz CT molecular complexity index is 2260. The average Bonchev–Trinajstić information content (AvgIpc) is 3.55. The van der Waals surface area contributed by atoms with Gasteiger partial charge in [0.15, 0.2) is 12.3 Å². The number of nitrogens with zero attached hydrogens (tertiary/aromatic N) is 2. The van der Waals surface area contributed by atoms with Gasteiger partial charge in [-0.25, -0.2) is 8.42 Å². The van der Waals surface area contributed by atoms with Crippen molar-refractivity contribution in [1.29, 1.82) is 0 Å². The number of aryl methyl sites for hydroxylation is 1.